The van der Waals surface area contributed by atoms with Crippen LogP contribution < -0.4 is 5.32 Å². The monoisotopic (exact) mass is 346 g/mol. The Morgan fingerprint density at radius 3 is 3.08 bits per heavy atom. The van der Waals surface area contributed by atoms with Gasteiger partial charge >= 0.3 is 0 Å². The summed E-state index contributed by atoms with van der Waals surface area (Å²) in [6.07, 6.45) is 1.91. The quantitative estimate of drug-likeness (QED) is 0.901. The molecule has 0 saturated carbocycles. The van der Waals surface area contributed by atoms with Gasteiger partial charge in [0.05, 0.1) is 12.5 Å². The fourth-order valence-electron chi connectivity index (χ4n) is 3.12. The molecule has 0 aliphatic carbocycles. The van der Waals surface area contributed by atoms with Gasteiger partial charge in [0.15, 0.2) is 0 Å². The highest BCUT2D eigenvalue weighted by Gasteiger charge is 2.27. The minimum absolute atomic E-state index is 0.0293. The molecular weight excluding hydrogens is 323 g/mol. The van der Waals surface area contributed by atoms with Crippen LogP contribution in [0.1, 0.15) is 38.5 Å². The van der Waals surface area contributed by atoms with E-state index in [0.717, 1.165) is 19.4 Å². The first-order chi connectivity index (χ1) is 12.0. The molecule has 1 fully saturated rings. The second-order valence-corrected chi connectivity index (χ2v) is 6.76. The van der Waals surface area contributed by atoms with E-state index in [4.69, 9.17) is 4.52 Å². The molecule has 1 aliphatic heterocycles. The van der Waals surface area contributed by atoms with Crippen LogP contribution in [0.3, 0.4) is 0 Å². The summed E-state index contributed by atoms with van der Waals surface area (Å²) in [6, 6.07) is 6.28. The highest BCUT2D eigenvalue weighted by atomic mass is 19.1. The van der Waals surface area contributed by atoms with Gasteiger partial charge in [-0.25, -0.2) is 4.39 Å². The first kappa shape index (κ1) is 17.5. The summed E-state index contributed by atoms with van der Waals surface area (Å²) < 4.78 is 18.8. The van der Waals surface area contributed by atoms with Crippen molar-refractivity contribution < 1.29 is 13.7 Å². The van der Waals surface area contributed by atoms with Gasteiger partial charge in [-0.15, -0.1) is 0 Å². The van der Waals surface area contributed by atoms with E-state index in [2.05, 4.69) is 20.4 Å². The topological polar surface area (TPSA) is 71.3 Å². The molecule has 0 radical (unpaired) electrons. The van der Waals surface area contributed by atoms with E-state index < -0.39 is 0 Å². The van der Waals surface area contributed by atoms with Crippen molar-refractivity contribution in [2.45, 2.75) is 38.6 Å². The Balaban J connectivity index is 1.65. The molecule has 1 aromatic heterocycles. The minimum atomic E-state index is -0.330. The second-order valence-electron chi connectivity index (χ2n) is 6.76. The number of aromatic nitrogens is 2. The molecule has 1 aromatic carbocycles. The van der Waals surface area contributed by atoms with Crippen molar-refractivity contribution in [2.75, 3.05) is 19.6 Å². The third kappa shape index (κ3) is 4.63. The molecule has 1 saturated heterocycles. The highest BCUT2D eigenvalue weighted by Crippen LogP contribution is 2.27. The number of halogens is 1. The Morgan fingerprint density at radius 1 is 1.48 bits per heavy atom. The lowest BCUT2D eigenvalue weighted by Crippen LogP contribution is -2.43. The smallest absolute Gasteiger partial charge is 0.234 e. The zero-order chi connectivity index (χ0) is 17.8. The number of nitrogens with one attached hydrogen (secondary N) is 1. The Hall–Kier alpha value is -2.28. The van der Waals surface area contributed by atoms with Crippen LogP contribution in [0, 0.1) is 5.82 Å². The zero-order valence-electron chi connectivity index (χ0n) is 14.5. The molecular formula is C18H23FN4O2. The Kier molecular flexibility index (Phi) is 5.43. The van der Waals surface area contributed by atoms with Crippen LogP contribution >= 0.6 is 0 Å². The van der Waals surface area contributed by atoms with Crippen LogP contribution in [0.2, 0.25) is 0 Å². The van der Waals surface area contributed by atoms with Crippen molar-refractivity contribution in [1.29, 1.82) is 0 Å². The molecule has 3 rings (SSSR count). The van der Waals surface area contributed by atoms with E-state index in [1.54, 1.807) is 12.1 Å². The van der Waals surface area contributed by atoms with Gasteiger partial charge in [0.2, 0.25) is 17.6 Å². The maximum atomic E-state index is 13.3. The molecule has 1 N–H and O–H groups in total. The molecule has 1 atom stereocenters. The van der Waals surface area contributed by atoms with Gasteiger partial charge in [-0.2, -0.15) is 4.98 Å². The number of likely N-dealkylation sites (tertiary alicyclic amines) is 1. The maximum Gasteiger partial charge on any atom is 0.234 e. The molecule has 6 nitrogen and oxygen atoms in total. The Morgan fingerprint density at radius 2 is 2.32 bits per heavy atom. The average molecular weight is 346 g/mol. The summed E-state index contributed by atoms with van der Waals surface area (Å²) in [5.74, 6) is 0.735. The molecule has 1 amide bonds. The van der Waals surface area contributed by atoms with Gasteiger partial charge in [0.1, 0.15) is 5.82 Å². The molecule has 2 aromatic rings. The van der Waals surface area contributed by atoms with Crippen molar-refractivity contribution >= 4 is 5.91 Å². The Bertz CT molecular complexity index is 731. The maximum absolute atomic E-state index is 13.3. The van der Waals surface area contributed by atoms with Crippen LogP contribution in [0.25, 0.3) is 11.4 Å². The molecule has 25 heavy (non-hydrogen) atoms. The van der Waals surface area contributed by atoms with Gasteiger partial charge < -0.3 is 9.84 Å². The highest BCUT2D eigenvalue weighted by molar-refractivity contribution is 5.78. The summed E-state index contributed by atoms with van der Waals surface area (Å²) in [6.45, 7) is 5.86. The second kappa shape index (κ2) is 7.74. The van der Waals surface area contributed by atoms with E-state index in [9.17, 15) is 9.18 Å². The third-order valence-corrected chi connectivity index (χ3v) is 4.20. The fraction of sp³-hybridized carbons (Fsp3) is 0.500. The predicted molar refractivity (Wildman–Crippen MR) is 91.4 cm³/mol. The molecule has 0 spiro atoms. The first-order valence-corrected chi connectivity index (χ1v) is 8.62. The third-order valence-electron chi connectivity index (χ3n) is 4.20. The van der Waals surface area contributed by atoms with E-state index in [-0.39, 0.29) is 23.7 Å². The van der Waals surface area contributed by atoms with Crippen LogP contribution in [0.15, 0.2) is 28.8 Å². The zero-order valence-corrected chi connectivity index (χ0v) is 14.5. The van der Waals surface area contributed by atoms with E-state index in [1.165, 1.54) is 12.1 Å². The van der Waals surface area contributed by atoms with Gasteiger partial charge in [0, 0.05) is 18.2 Å². The van der Waals surface area contributed by atoms with Crippen molar-refractivity contribution in [3.8, 4) is 11.4 Å². The number of rotatable bonds is 5. The summed E-state index contributed by atoms with van der Waals surface area (Å²) in [5.41, 5.74) is 0.596. The van der Waals surface area contributed by atoms with Crippen molar-refractivity contribution in [1.82, 2.24) is 20.4 Å². The SMILES string of the molecule is CC(C)NC(=O)CN1CCC[C@@H](c2nc(-c3cccc(F)c3)no2)C1. The molecule has 0 bridgehead atoms. The van der Waals surface area contributed by atoms with Crippen molar-refractivity contribution in [2.24, 2.45) is 0 Å². The van der Waals surface area contributed by atoms with Gasteiger partial charge in [-0.1, -0.05) is 17.3 Å². The number of benzene rings is 1. The van der Waals surface area contributed by atoms with E-state index in [0.29, 0.717) is 30.4 Å². The van der Waals surface area contributed by atoms with Crippen LogP contribution in [-0.4, -0.2) is 46.6 Å². The molecule has 134 valence electrons. The lowest BCUT2D eigenvalue weighted by molar-refractivity contribution is -0.123. The average Bonchev–Trinajstić information content (AvgIpc) is 3.04. The Labute approximate surface area is 146 Å². The van der Waals surface area contributed by atoms with E-state index in [1.807, 2.05) is 13.8 Å². The number of hydrogen-bond donors (Lipinski definition) is 1. The standard InChI is InChI=1S/C18H23FN4O2/c1-12(2)20-16(24)11-23-8-4-6-14(10-23)18-21-17(22-25-18)13-5-3-7-15(19)9-13/h3,5,7,9,12,14H,4,6,8,10-11H2,1-2H3,(H,20,24)/t14-/m1/s1. The summed E-state index contributed by atoms with van der Waals surface area (Å²) in [4.78, 5) is 18.5. The lowest BCUT2D eigenvalue weighted by Gasteiger charge is -2.30. The number of nitrogens with zero attached hydrogens (tertiary/aromatic N) is 3. The number of carbonyl (C=O) groups excluding carboxylic acids is 1. The van der Waals surface area contributed by atoms with Gasteiger partial charge in [-0.3, -0.25) is 9.69 Å². The first-order valence-electron chi connectivity index (χ1n) is 8.62. The van der Waals surface area contributed by atoms with Crippen LogP contribution in [-0.2, 0) is 4.79 Å². The number of hydrogen-bond acceptors (Lipinski definition) is 5. The number of carbonyl (C=O) groups is 1. The van der Waals surface area contributed by atoms with Crippen molar-refractivity contribution in [3.05, 3.63) is 36.0 Å². The van der Waals surface area contributed by atoms with Crippen LogP contribution in [0.5, 0.6) is 0 Å². The summed E-state index contributed by atoms with van der Waals surface area (Å²) in [5, 5.41) is 6.89. The van der Waals surface area contributed by atoms with E-state index >= 15 is 0 Å². The number of piperidine rings is 1. The largest absolute Gasteiger partial charge is 0.353 e. The molecule has 7 heteroatoms. The lowest BCUT2D eigenvalue weighted by atomic mass is 9.98. The van der Waals surface area contributed by atoms with Gasteiger partial charge in [-0.05, 0) is 45.4 Å². The predicted octanol–water partition coefficient (Wildman–Crippen LogP) is 2.58. The molecule has 1 aliphatic rings. The van der Waals surface area contributed by atoms with Crippen molar-refractivity contribution in [3.63, 3.8) is 0 Å². The summed E-state index contributed by atoms with van der Waals surface area (Å²) in [7, 11) is 0. The number of amides is 1. The van der Waals surface area contributed by atoms with Gasteiger partial charge in [0.25, 0.3) is 0 Å². The fourth-order valence-corrected chi connectivity index (χ4v) is 3.12. The summed E-state index contributed by atoms with van der Waals surface area (Å²) >= 11 is 0. The van der Waals surface area contributed by atoms with Crippen LogP contribution in [0.4, 0.5) is 4.39 Å². The minimum Gasteiger partial charge on any atom is -0.353 e. The normalized spacial score (nSPS) is 18.5. The molecule has 0 unspecified atom stereocenters. The molecule has 2 heterocycles.